The highest BCUT2D eigenvalue weighted by molar-refractivity contribution is 7.41. The molecular weight excluding hydrogens is 263 g/mol. The first-order valence-corrected chi connectivity index (χ1v) is 7.09. The second-order valence-corrected chi connectivity index (χ2v) is 5.62. The quantitative estimate of drug-likeness (QED) is 0.752. The topological polar surface area (TPSA) is 50.8 Å². The summed E-state index contributed by atoms with van der Waals surface area (Å²) in [6.07, 6.45) is 0.946. The highest BCUT2D eigenvalue weighted by atomic mass is 31.1. The van der Waals surface area contributed by atoms with E-state index in [4.69, 9.17) is 14.2 Å². The average Bonchev–Trinajstić information content (AvgIpc) is 2.44. The van der Waals surface area contributed by atoms with Crippen LogP contribution in [-0.2, 0) is 0 Å². The van der Waals surface area contributed by atoms with Crippen molar-refractivity contribution in [1.29, 1.82) is 0 Å². The number of benzene rings is 1. The molecule has 0 N–H and O–H groups in total. The van der Waals surface area contributed by atoms with Crippen LogP contribution in [0.25, 0.3) is 0 Å². The Morgan fingerprint density at radius 2 is 1.74 bits per heavy atom. The van der Waals surface area contributed by atoms with E-state index in [0.29, 0.717) is 28.5 Å². The predicted octanol–water partition coefficient (Wildman–Crippen LogP) is 2.30. The predicted molar refractivity (Wildman–Crippen MR) is 76.9 cm³/mol. The largest absolute Gasteiger partial charge is 0.823 e. The molecule has 0 aliphatic heterocycles. The van der Waals surface area contributed by atoms with Gasteiger partial charge in [-0.25, -0.2) is 0 Å². The molecule has 4 nitrogen and oxygen atoms in total. The van der Waals surface area contributed by atoms with Crippen LogP contribution in [0.2, 0.25) is 0 Å². The number of methoxy groups -OCH3 is 3. The van der Waals surface area contributed by atoms with Crippen LogP contribution >= 0.6 is 8.20 Å². The Balaban J connectivity index is 3.41. The fourth-order valence-electron chi connectivity index (χ4n) is 1.64. The Morgan fingerprint density at radius 3 is 2.21 bits per heavy atom. The Bertz CT molecular complexity index is 457. The van der Waals surface area contributed by atoms with Gasteiger partial charge < -0.3 is 19.3 Å². The molecular formula is C14H20O4P-. The van der Waals surface area contributed by atoms with E-state index in [1.807, 2.05) is 6.92 Å². The van der Waals surface area contributed by atoms with E-state index < -0.39 is 0 Å². The lowest BCUT2D eigenvalue weighted by Crippen LogP contribution is -2.19. The van der Waals surface area contributed by atoms with Crippen LogP contribution in [-0.4, -0.2) is 32.5 Å². The van der Waals surface area contributed by atoms with Crippen LogP contribution in [0.1, 0.15) is 25.8 Å². The van der Waals surface area contributed by atoms with Crippen LogP contribution in [0.3, 0.4) is 0 Å². The van der Waals surface area contributed by atoms with Gasteiger partial charge in [0.25, 0.3) is 0 Å². The summed E-state index contributed by atoms with van der Waals surface area (Å²) in [6, 6.07) is 3.45. The Labute approximate surface area is 116 Å². The normalized spacial score (nSPS) is 13.1. The van der Waals surface area contributed by atoms with Crippen LogP contribution in [0.5, 0.6) is 17.2 Å². The zero-order valence-electron chi connectivity index (χ0n) is 12.0. The third-order valence-electron chi connectivity index (χ3n) is 2.87. The van der Waals surface area contributed by atoms with Gasteiger partial charge in [0.15, 0.2) is 11.5 Å². The Kier molecular flexibility index (Phi) is 6.13. The van der Waals surface area contributed by atoms with Crippen molar-refractivity contribution >= 4 is 13.7 Å². The average molecular weight is 283 g/mol. The van der Waals surface area contributed by atoms with Crippen LogP contribution in [0.4, 0.5) is 0 Å². The van der Waals surface area contributed by atoms with Crippen molar-refractivity contribution in [3.8, 4) is 17.2 Å². The summed E-state index contributed by atoms with van der Waals surface area (Å²) in [5, 5.41) is 12.4. The van der Waals surface area contributed by atoms with Gasteiger partial charge in [-0.1, -0.05) is 13.8 Å². The molecule has 1 rings (SSSR count). The fourth-order valence-corrected chi connectivity index (χ4v) is 2.56. The maximum absolute atomic E-state index is 12.4. The lowest BCUT2D eigenvalue weighted by atomic mass is 10.1. The Morgan fingerprint density at radius 1 is 1.16 bits per heavy atom. The first-order chi connectivity index (χ1) is 9.08. The summed E-state index contributed by atoms with van der Waals surface area (Å²) in [5.74, 6) is 1.48. The maximum Gasteiger partial charge on any atom is 0.170 e. The van der Waals surface area contributed by atoms with Gasteiger partial charge >= 0.3 is 0 Å². The van der Waals surface area contributed by atoms with Crippen molar-refractivity contribution in [1.82, 2.24) is 0 Å². The molecule has 0 amide bonds. The van der Waals surface area contributed by atoms with E-state index in [0.717, 1.165) is 14.6 Å². The molecule has 0 bridgehead atoms. The van der Waals surface area contributed by atoms with E-state index in [1.165, 1.54) is 14.2 Å². The van der Waals surface area contributed by atoms with Crippen molar-refractivity contribution in [3.05, 3.63) is 17.7 Å². The molecule has 1 aromatic carbocycles. The number of rotatable bonds is 6. The van der Waals surface area contributed by atoms with Crippen molar-refractivity contribution in [2.24, 2.45) is 0 Å². The lowest BCUT2D eigenvalue weighted by molar-refractivity contribution is -0.207. The van der Waals surface area contributed by atoms with Crippen molar-refractivity contribution in [3.63, 3.8) is 0 Å². The van der Waals surface area contributed by atoms with Crippen LogP contribution in [0.15, 0.2) is 12.1 Å². The summed E-state index contributed by atoms with van der Waals surface area (Å²) in [7, 11) is 5.35. The van der Waals surface area contributed by atoms with Gasteiger partial charge in [0.2, 0.25) is 0 Å². The summed E-state index contributed by atoms with van der Waals surface area (Å²) in [5.41, 5.74) is 0.737. The van der Waals surface area contributed by atoms with Gasteiger partial charge in [-0.15, -0.1) is 13.7 Å². The van der Waals surface area contributed by atoms with E-state index in [1.54, 1.807) is 19.2 Å². The summed E-state index contributed by atoms with van der Waals surface area (Å²) >= 11 is 0. The molecule has 0 heterocycles. The first-order valence-electron chi connectivity index (χ1n) is 6.13. The third-order valence-corrected chi connectivity index (χ3v) is 4.13. The maximum atomic E-state index is 12.4. The second-order valence-electron chi connectivity index (χ2n) is 4.07. The number of hydrogen-bond donors (Lipinski definition) is 0. The molecule has 0 spiro atoms. The molecule has 0 aliphatic carbocycles. The number of hydrogen-bond acceptors (Lipinski definition) is 4. The van der Waals surface area contributed by atoms with Gasteiger partial charge in [0.1, 0.15) is 5.75 Å². The Hall–Kier alpha value is -1.25. The molecule has 0 fully saturated rings. The highest BCUT2D eigenvalue weighted by Crippen LogP contribution is 2.38. The first kappa shape index (κ1) is 15.8. The molecule has 1 unspecified atom stereocenters. The molecule has 0 saturated heterocycles. The third kappa shape index (κ3) is 3.62. The minimum atomic E-state index is -0.0121. The van der Waals surface area contributed by atoms with E-state index >= 15 is 0 Å². The zero-order valence-corrected chi connectivity index (χ0v) is 12.9. The van der Waals surface area contributed by atoms with Gasteiger partial charge in [-0.05, 0) is 24.2 Å². The van der Waals surface area contributed by atoms with Crippen molar-refractivity contribution in [2.45, 2.75) is 25.9 Å². The molecule has 0 aromatic heterocycles. The molecule has 1 aromatic rings. The van der Waals surface area contributed by atoms with Gasteiger partial charge in [-0.2, -0.15) is 0 Å². The molecule has 5 heteroatoms. The smallest absolute Gasteiger partial charge is 0.170 e. The van der Waals surface area contributed by atoms with Crippen LogP contribution < -0.4 is 19.3 Å². The molecule has 19 heavy (non-hydrogen) atoms. The molecule has 0 radical (unpaired) electrons. The molecule has 0 aliphatic rings. The van der Waals surface area contributed by atoms with Crippen LogP contribution in [0, 0.1) is 0 Å². The van der Waals surface area contributed by atoms with Crippen molar-refractivity contribution < 1.29 is 19.3 Å². The molecule has 0 saturated carbocycles. The fraction of sp³-hybridized carbons (Fsp3) is 0.500. The summed E-state index contributed by atoms with van der Waals surface area (Å²) in [4.78, 5) is 0. The van der Waals surface area contributed by atoms with Crippen molar-refractivity contribution in [2.75, 3.05) is 21.3 Å². The standard InChI is InChI=1S/C14H21O4P/c1-6-9(2)19-14(15)12-10(16-3)7-8-11(17-4)13(12)18-5/h7-9,15H,6H2,1-5H3/p-1. The zero-order chi connectivity index (χ0) is 14.4. The van der Waals surface area contributed by atoms with Gasteiger partial charge in [-0.3, -0.25) is 0 Å². The number of ether oxygens (including phenoxy) is 3. The summed E-state index contributed by atoms with van der Waals surface area (Å²) in [6.45, 7) is 4.10. The molecule has 106 valence electrons. The highest BCUT2D eigenvalue weighted by Gasteiger charge is 2.15. The monoisotopic (exact) mass is 283 g/mol. The van der Waals surface area contributed by atoms with E-state index in [-0.39, 0.29) is 5.48 Å². The van der Waals surface area contributed by atoms with E-state index in [9.17, 15) is 5.11 Å². The minimum Gasteiger partial charge on any atom is -0.823 e. The van der Waals surface area contributed by atoms with Gasteiger partial charge in [0, 0.05) is 0 Å². The van der Waals surface area contributed by atoms with Gasteiger partial charge in [0.05, 0.1) is 26.9 Å². The minimum absolute atomic E-state index is 0.0121. The second kappa shape index (κ2) is 7.37. The summed E-state index contributed by atoms with van der Waals surface area (Å²) < 4.78 is 15.8. The molecule has 1 atom stereocenters. The SMILES string of the molecule is CCC(C)P=C([O-])c1c(OC)ccc(OC)c1OC. The lowest BCUT2D eigenvalue weighted by Gasteiger charge is -2.22. The van der Waals surface area contributed by atoms with E-state index in [2.05, 4.69) is 6.92 Å².